The van der Waals surface area contributed by atoms with Crippen molar-refractivity contribution in [3.8, 4) is 0 Å². The average Bonchev–Trinajstić information content (AvgIpc) is 2.58. The van der Waals surface area contributed by atoms with E-state index in [2.05, 4.69) is 29.6 Å². The summed E-state index contributed by atoms with van der Waals surface area (Å²) >= 11 is 0. The van der Waals surface area contributed by atoms with Gasteiger partial charge in [-0.05, 0) is 86.7 Å². The van der Waals surface area contributed by atoms with E-state index in [1.165, 1.54) is 68.9 Å². The summed E-state index contributed by atoms with van der Waals surface area (Å²) in [6.45, 7) is 0.845. The Labute approximate surface area is 145 Å². The summed E-state index contributed by atoms with van der Waals surface area (Å²) in [5.74, 6) is 3.45. The van der Waals surface area contributed by atoms with Crippen LogP contribution in [0.4, 0.5) is 0 Å². The number of nitrogens with one attached hydrogen (secondary N) is 1. The highest BCUT2D eigenvalue weighted by atomic mass is 16.2. The number of fused-ring (bicyclic) bond motifs is 1. The van der Waals surface area contributed by atoms with Crippen molar-refractivity contribution in [3.05, 3.63) is 35.4 Å². The SMILES string of the molecule is O=C(NCC1CCCc2ccccc21)C12CC3CC(CC(C3)C1)C2. The number of aryl methyl sites for hydroxylation is 1. The molecule has 1 aromatic rings. The first-order valence-electron chi connectivity index (χ1n) is 10.1. The largest absolute Gasteiger partial charge is 0.355 e. The van der Waals surface area contributed by atoms with E-state index in [9.17, 15) is 4.79 Å². The van der Waals surface area contributed by atoms with Crippen LogP contribution in [0.2, 0.25) is 0 Å². The van der Waals surface area contributed by atoms with Crippen LogP contribution in [-0.4, -0.2) is 12.5 Å². The lowest BCUT2D eigenvalue weighted by Crippen LogP contribution is -2.54. The van der Waals surface area contributed by atoms with E-state index >= 15 is 0 Å². The first-order chi connectivity index (χ1) is 11.7. The van der Waals surface area contributed by atoms with Gasteiger partial charge < -0.3 is 5.32 Å². The maximum atomic E-state index is 13.1. The zero-order valence-electron chi connectivity index (χ0n) is 14.6. The number of amides is 1. The molecule has 1 amide bonds. The Kier molecular flexibility index (Phi) is 3.50. The molecule has 4 saturated carbocycles. The molecule has 2 nitrogen and oxygen atoms in total. The van der Waals surface area contributed by atoms with Crippen molar-refractivity contribution in [1.29, 1.82) is 0 Å². The second kappa shape index (κ2) is 5.61. The fourth-order valence-electron chi connectivity index (χ4n) is 6.86. The number of hydrogen-bond acceptors (Lipinski definition) is 1. The molecule has 0 heterocycles. The first-order valence-corrected chi connectivity index (χ1v) is 10.1. The van der Waals surface area contributed by atoms with Crippen LogP contribution in [0.15, 0.2) is 24.3 Å². The van der Waals surface area contributed by atoms with Crippen molar-refractivity contribution in [1.82, 2.24) is 5.32 Å². The van der Waals surface area contributed by atoms with Crippen molar-refractivity contribution >= 4 is 5.91 Å². The second-order valence-electron chi connectivity index (χ2n) is 9.20. The minimum atomic E-state index is 0.00291. The fraction of sp³-hybridized carbons (Fsp3) is 0.682. The van der Waals surface area contributed by atoms with Gasteiger partial charge in [-0.25, -0.2) is 0 Å². The lowest BCUT2D eigenvalue weighted by molar-refractivity contribution is -0.146. The van der Waals surface area contributed by atoms with Crippen LogP contribution < -0.4 is 5.32 Å². The molecule has 1 atom stereocenters. The van der Waals surface area contributed by atoms with Gasteiger partial charge in [0.15, 0.2) is 0 Å². The van der Waals surface area contributed by atoms with Crippen molar-refractivity contribution < 1.29 is 4.79 Å². The molecule has 24 heavy (non-hydrogen) atoms. The van der Waals surface area contributed by atoms with Crippen molar-refractivity contribution in [2.24, 2.45) is 23.2 Å². The maximum Gasteiger partial charge on any atom is 0.226 e. The molecule has 5 aliphatic rings. The predicted molar refractivity (Wildman–Crippen MR) is 95.7 cm³/mol. The Bertz CT molecular complexity index is 614. The summed E-state index contributed by atoms with van der Waals surface area (Å²) in [4.78, 5) is 13.1. The predicted octanol–water partition coefficient (Wildman–Crippen LogP) is 4.44. The van der Waals surface area contributed by atoms with Gasteiger partial charge >= 0.3 is 0 Å². The molecule has 1 N–H and O–H groups in total. The Balaban J connectivity index is 1.29. The average molecular weight is 323 g/mol. The molecule has 2 heteroatoms. The van der Waals surface area contributed by atoms with Gasteiger partial charge in [0.25, 0.3) is 0 Å². The lowest BCUT2D eigenvalue weighted by Gasteiger charge is -2.55. The van der Waals surface area contributed by atoms with E-state index < -0.39 is 0 Å². The first kappa shape index (κ1) is 15.0. The van der Waals surface area contributed by atoms with Gasteiger partial charge in [-0.3, -0.25) is 4.79 Å². The van der Waals surface area contributed by atoms with Crippen LogP contribution >= 0.6 is 0 Å². The van der Waals surface area contributed by atoms with E-state index in [-0.39, 0.29) is 5.41 Å². The van der Waals surface area contributed by atoms with Crippen LogP contribution in [0.25, 0.3) is 0 Å². The highest BCUT2D eigenvalue weighted by Crippen LogP contribution is 2.60. The minimum absolute atomic E-state index is 0.00291. The van der Waals surface area contributed by atoms with Crippen molar-refractivity contribution in [2.75, 3.05) is 6.54 Å². The Morgan fingerprint density at radius 1 is 1.04 bits per heavy atom. The summed E-state index contributed by atoms with van der Waals surface area (Å²) in [5.41, 5.74) is 2.98. The van der Waals surface area contributed by atoms with E-state index in [4.69, 9.17) is 0 Å². The molecule has 5 aliphatic carbocycles. The summed E-state index contributed by atoms with van der Waals surface area (Å²) < 4.78 is 0. The van der Waals surface area contributed by atoms with Gasteiger partial charge in [-0.1, -0.05) is 24.3 Å². The number of carbonyl (C=O) groups excluding carboxylic acids is 1. The van der Waals surface area contributed by atoms with E-state index in [1.54, 1.807) is 0 Å². The molecule has 1 aromatic carbocycles. The smallest absolute Gasteiger partial charge is 0.226 e. The number of carbonyl (C=O) groups is 1. The van der Waals surface area contributed by atoms with Gasteiger partial charge in [0.2, 0.25) is 5.91 Å². The molecular formula is C22H29NO. The quantitative estimate of drug-likeness (QED) is 0.875. The maximum absolute atomic E-state index is 13.1. The monoisotopic (exact) mass is 323 g/mol. The molecule has 0 aliphatic heterocycles. The van der Waals surface area contributed by atoms with Gasteiger partial charge in [0.05, 0.1) is 0 Å². The molecule has 0 radical (unpaired) electrons. The van der Waals surface area contributed by atoms with Crippen LogP contribution in [0.5, 0.6) is 0 Å². The third-order valence-electron chi connectivity index (χ3n) is 7.52. The summed E-state index contributed by atoms with van der Waals surface area (Å²) in [7, 11) is 0. The zero-order valence-corrected chi connectivity index (χ0v) is 14.6. The van der Waals surface area contributed by atoms with Crippen LogP contribution in [0.1, 0.15) is 68.4 Å². The van der Waals surface area contributed by atoms with Gasteiger partial charge in [-0.2, -0.15) is 0 Å². The Morgan fingerprint density at radius 2 is 1.71 bits per heavy atom. The van der Waals surface area contributed by atoms with Gasteiger partial charge in [0, 0.05) is 17.9 Å². The van der Waals surface area contributed by atoms with Crippen LogP contribution in [0, 0.1) is 23.2 Å². The van der Waals surface area contributed by atoms with Gasteiger partial charge in [0.1, 0.15) is 0 Å². The summed E-state index contributed by atoms with van der Waals surface area (Å²) in [6, 6.07) is 8.84. The van der Waals surface area contributed by atoms with E-state index in [0.717, 1.165) is 24.3 Å². The fourth-order valence-corrected chi connectivity index (χ4v) is 6.86. The number of hydrogen-bond donors (Lipinski definition) is 1. The number of rotatable bonds is 3. The van der Waals surface area contributed by atoms with Crippen LogP contribution in [-0.2, 0) is 11.2 Å². The molecule has 6 rings (SSSR count). The normalized spacial score (nSPS) is 39.5. The Morgan fingerprint density at radius 3 is 2.42 bits per heavy atom. The molecule has 1 unspecified atom stereocenters. The standard InChI is InChI=1S/C22H29NO/c24-21(22-11-15-8-16(12-22)10-17(9-15)13-22)23-14-19-6-3-5-18-4-1-2-7-20(18)19/h1-2,4,7,15-17,19H,3,5-6,8-14H2,(H,23,24). The molecule has 0 spiro atoms. The number of benzene rings is 1. The third-order valence-corrected chi connectivity index (χ3v) is 7.52. The lowest BCUT2D eigenvalue weighted by atomic mass is 9.49. The second-order valence-corrected chi connectivity index (χ2v) is 9.20. The topological polar surface area (TPSA) is 29.1 Å². The molecule has 0 aromatic heterocycles. The summed E-state index contributed by atoms with van der Waals surface area (Å²) in [5, 5.41) is 3.41. The Hall–Kier alpha value is -1.31. The van der Waals surface area contributed by atoms with Crippen LogP contribution in [0.3, 0.4) is 0 Å². The highest BCUT2D eigenvalue weighted by Gasteiger charge is 2.54. The van der Waals surface area contributed by atoms with Gasteiger partial charge in [-0.15, -0.1) is 0 Å². The summed E-state index contributed by atoms with van der Waals surface area (Å²) in [6.07, 6.45) is 11.4. The molecule has 0 saturated heterocycles. The van der Waals surface area contributed by atoms with Crippen molar-refractivity contribution in [3.63, 3.8) is 0 Å². The molecular weight excluding hydrogens is 294 g/mol. The third kappa shape index (κ3) is 2.41. The van der Waals surface area contributed by atoms with E-state index in [1.807, 2.05) is 0 Å². The molecule has 128 valence electrons. The highest BCUT2D eigenvalue weighted by molar-refractivity contribution is 5.83. The van der Waals surface area contributed by atoms with E-state index in [0.29, 0.717) is 11.8 Å². The van der Waals surface area contributed by atoms with Crippen molar-refractivity contribution in [2.45, 2.75) is 63.7 Å². The molecule has 4 bridgehead atoms. The molecule has 4 fully saturated rings. The minimum Gasteiger partial charge on any atom is -0.355 e. The zero-order chi connectivity index (χ0) is 16.1.